The molecule has 0 aliphatic heterocycles. The number of hydrogen-bond donors (Lipinski definition) is 0. The van der Waals surface area contributed by atoms with Crippen molar-refractivity contribution in [3.63, 3.8) is 0 Å². The van der Waals surface area contributed by atoms with Crippen LogP contribution in [-0.4, -0.2) is 23.1 Å². The van der Waals surface area contributed by atoms with Gasteiger partial charge < -0.3 is 4.90 Å². The van der Waals surface area contributed by atoms with Crippen LogP contribution >= 0.6 is 22.9 Å². The van der Waals surface area contributed by atoms with Crippen LogP contribution in [0.5, 0.6) is 0 Å². The zero-order valence-electron chi connectivity index (χ0n) is 11.3. The first-order chi connectivity index (χ1) is 9.15. The van der Waals surface area contributed by atoms with Crippen LogP contribution in [0.4, 0.5) is 5.95 Å². The van der Waals surface area contributed by atoms with Gasteiger partial charge in [0.25, 0.3) is 0 Å². The highest BCUT2D eigenvalue weighted by molar-refractivity contribution is 7.18. The topological polar surface area (TPSA) is 29.0 Å². The first kappa shape index (κ1) is 13.1. The Morgan fingerprint density at radius 1 is 1.26 bits per heavy atom. The van der Waals surface area contributed by atoms with Gasteiger partial charge in [0.1, 0.15) is 9.98 Å². The zero-order valence-corrected chi connectivity index (χ0v) is 12.9. The molecule has 0 amide bonds. The van der Waals surface area contributed by atoms with Crippen LogP contribution in [0.1, 0.15) is 37.0 Å². The Morgan fingerprint density at radius 2 is 2.00 bits per heavy atom. The average Bonchev–Trinajstić information content (AvgIpc) is 2.80. The van der Waals surface area contributed by atoms with Gasteiger partial charge in [-0.15, -0.1) is 11.3 Å². The molecule has 3 rings (SSSR count). The fourth-order valence-electron chi connectivity index (χ4n) is 2.79. The van der Waals surface area contributed by atoms with E-state index in [2.05, 4.69) is 34.9 Å². The molecule has 0 bridgehead atoms. The van der Waals surface area contributed by atoms with Crippen molar-refractivity contribution in [3.05, 3.63) is 16.1 Å². The van der Waals surface area contributed by atoms with Gasteiger partial charge in [0, 0.05) is 23.4 Å². The number of rotatable bonds is 2. The highest BCUT2D eigenvalue weighted by Gasteiger charge is 2.21. The monoisotopic (exact) mass is 295 g/mol. The molecule has 5 heteroatoms. The Hall–Kier alpha value is -0.870. The predicted molar refractivity (Wildman–Crippen MR) is 82.4 cm³/mol. The molecule has 0 atom stereocenters. The molecule has 0 unspecified atom stereocenters. The maximum Gasteiger partial charge on any atom is 0.228 e. The Bertz CT molecular complexity index is 590. The van der Waals surface area contributed by atoms with Crippen LogP contribution in [0.2, 0.25) is 5.15 Å². The summed E-state index contributed by atoms with van der Waals surface area (Å²) < 4.78 is 0. The van der Waals surface area contributed by atoms with Crippen molar-refractivity contribution >= 4 is 39.1 Å². The number of thiophene rings is 1. The molecule has 2 heterocycles. The maximum absolute atomic E-state index is 6.29. The van der Waals surface area contributed by atoms with Crippen LogP contribution in [0.3, 0.4) is 0 Å². The van der Waals surface area contributed by atoms with E-state index in [1.165, 1.54) is 37.0 Å². The number of anilines is 1. The minimum atomic E-state index is 0.559. The second-order valence-electron chi connectivity index (χ2n) is 5.29. The van der Waals surface area contributed by atoms with E-state index in [1.807, 2.05) is 0 Å². The van der Waals surface area contributed by atoms with E-state index in [0.717, 1.165) is 16.2 Å². The summed E-state index contributed by atoms with van der Waals surface area (Å²) in [6.45, 7) is 2.08. The van der Waals surface area contributed by atoms with Crippen molar-refractivity contribution in [2.45, 2.75) is 45.1 Å². The van der Waals surface area contributed by atoms with Crippen molar-refractivity contribution in [2.24, 2.45) is 0 Å². The molecule has 19 heavy (non-hydrogen) atoms. The van der Waals surface area contributed by atoms with Crippen LogP contribution in [0.25, 0.3) is 10.2 Å². The van der Waals surface area contributed by atoms with Gasteiger partial charge in [0.05, 0.1) is 0 Å². The van der Waals surface area contributed by atoms with Crippen molar-refractivity contribution in [1.82, 2.24) is 9.97 Å². The van der Waals surface area contributed by atoms with Gasteiger partial charge in [0.15, 0.2) is 0 Å². The summed E-state index contributed by atoms with van der Waals surface area (Å²) in [5, 5.41) is 1.55. The van der Waals surface area contributed by atoms with Crippen LogP contribution < -0.4 is 4.90 Å². The second kappa shape index (κ2) is 5.25. The SMILES string of the molecule is Cc1cc2c(Cl)nc(N(C)C3CCCCC3)nc2s1. The van der Waals surface area contributed by atoms with Gasteiger partial charge >= 0.3 is 0 Å². The van der Waals surface area contributed by atoms with Crippen LogP contribution in [0, 0.1) is 6.92 Å². The number of halogens is 1. The molecule has 1 saturated carbocycles. The highest BCUT2D eigenvalue weighted by Crippen LogP contribution is 2.31. The third kappa shape index (κ3) is 2.56. The van der Waals surface area contributed by atoms with Gasteiger partial charge in [-0.2, -0.15) is 0 Å². The fraction of sp³-hybridized carbons (Fsp3) is 0.571. The standard InChI is InChI=1S/C14H18ClN3S/c1-9-8-11-12(15)16-14(17-13(11)19-9)18(2)10-6-4-3-5-7-10/h8,10H,3-7H2,1-2H3. The molecule has 102 valence electrons. The first-order valence-corrected chi connectivity index (χ1v) is 8.01. The number of fused-ring (bicyclic) bond motifs is 1. The van der Waals surface area contributed by atoms with Crippen LogP contribution in [0.15, 0.2) is 6.07 Å². The minimum Gasteiger partial charge on any atom is -0.341 e. The molecule has 0 saturated heterocycles. The van der Waals surface area contributed by atoms with E-state index >= 15 is 0 Å². The van der Waals surface area contributed by atoms with Gasteiger partial charge in [-0.05, 0) is 25.8 Å². The molecule has 0 aromatic carbocycles. The van der Waals surface area contributed by atoms with Gasteiger partial charge in [0.2, 0.25) is 5.95 Å². The lowest BCUT2D eigenvalue weighted by Gasteiger charge is -2.31. The molecule has 0 spiro atoms. The molecule has 2 aromatic rings. The van der Waals surface area contributed by atoms with E-state index in [4.69, 9.17) is 11.6 Å². The quantitative estimate of drug-likeness (QED) is 0.768. The molecule has 2 aromatic heterocycles. The first-order valence-electron chi connectivity index (χ1n) is 6.81. The van der Waals surface area contributed by atoms with Crippen molar-refractivity contribution in [3.8, 4) is 0 Å². The summed E-state index contributed by atoms with van der Waals surface area (Å²) in [5.74, 6) is 0.770. The van der Waals surface area contributed by atoms with Crippen molar-refractivity contribution in [2.75, 3.05) is 11.9 Å². The summed E-state index contributed by atoms with van der Waals surface area (Å²) in [5.41, 5.74) is 0. The molecule has 0 N–H and O–H groups in total. The average molecular weight is 296 g/mol. The third-order valence-corrected chi connectivity index (χ3v) is 5.13. The molecule has 1 aliphatic rings. The van der Waals surface area contributed by atoms with E-state index in [0.29, 0.717) is 11.2 Å². The lowest BCUT2D eigenvalue weighted by molar-refractivity contribution is 0.424. The minimum absolute atomic E-state index is 0.559. The van der Waals surface area contributed by atoms with Gasteiger partial charge in [-0.25, -0.2) is 9.97 Å². The van der Waals surface area contributed by atoms with E-state index < -0.39 is 0 Å². The summed E-state index contributed by atoms with van der Waals surface area (Å²) >= 11 is 7.97. The Balaban J connectivity index is 1.95. The lowest BCUT2D eigenvalue weighted by Crippen LogP contribution is -2.34. The Morgan fingerprint density at radius 3 is 2.74 bits per heavy atom. The molecule has 0 radical (unpaired) electrons. The van der Waals surface area contributed by atoms with E-state index in [-0.39, 0.29) is 0 Å². The summed E-state index contributed by atoms with van der Waals surface area (Å²) in [6.07, 6.45) is 6.44. The summed E-state index contributed by atoms with van der Waals surface area (Å²) in [6, 6.07) is 2.62. The lowest BCUT2D eigenvalue weighted by atomic mass is 9.95. The van der Waals surface area contributed by atoms with Crippen molar-refractivity contribution in [1.29, 1.82) is 0 Å². The second-order valence-corrected chi connectivity index (χ2v) is 6.89. The highest BCUT2D eigenvalue weighted by atomic mass is 35.5. The Kier molecular flexibility index (Phi) is 3.63. The summed E-state index contributed by atoms with van der Waals surface area (Å²) in [7, 11) is 2.09. The molecular formula is C14H18ClN3S. The summed E-state index contributed by atoms with van der Waals surface area (Å²) in [4.78, 5) is 13.6. The Labute approximate surface area is 122 Å². The zero-order chi connectivity index (χ0) is 13.4. The number of aryl methyl sites for hydroxylation is 1. The predicted octanol–water partition coefficient (Wildman–Crippen LogP) is 4.42. The molecular weight excluding hydrogens is 278 g/mol. The van der Waals surface area contributed by atoms with Gasteiger partial charge in [-0.3, -0.25) is 0 Å². The van der Waals surface area contributed by atoms with E-state index in [1.54, 1.807) is 11.3 Å². The number of hydrogen-bond acceptors (Lipinski definition) is 4. The number of aromatic nitrogens is 2. The molecule has 1 fully saturated rings. The third-order valence-electron chi connectivity index (χ3n) is 3.90. The largest absolute Gasteiger partial charge is 0.341 e. The van der Waals surface area contributed by atoms with Gasteiger partial charge in [-0.1, -0.05) is 30.9 Å². The number of nitrogens with zero attached hydrogens (tertiary/aromatic N) is 3. The molecule has 3 nitrogen and oxygen atoms in total. The van der Waals surface area contributed by atoms with Crippen LogP contribution in [-0.2, 0) is 0 Å². The smallest absolute Gasteiger partial charge is 0.228 e. The fourth-order valence-corrected chi connectivity index (χ4v) is 3.94. The molecule has 1 aliphatic carbocycles. The van der Waals surface area contributed by atoms with E-state index in [9.17, 15) is 0 Å². The maximum atomic E-state index is 6.29. The van der Waals surface area contributed by atoms with Crippen molar-refractivity contribution < 1.29 is 0 Å². The normalized spacial score (nSPS) is 17.0.